The molecule has 0 unspecified atom stereocenters. The van der Waals surface area contributed by atoms with Crippen molar-refractivity contribution < 1.29 is 13.2 Å². The molecule has 2 atom stereocenters. The first kappa shape index (κ1) is 11.3. The number of rotatable bonds is 2. The number of piperidine rings is 1. The predicted octanol–water partition coefficient (Wildman–Crippen LogP) is 3.75. The Bertz CT molecular complexity index is 422. The lowest BCUT2D eigenvalue weighted by molar-refractivity contribution is -0.0328. The molecule has 1 aromatic rings. The Morgan fingerprint density at radius 3 is 2.53 bits per heavy atom. The average Bonchev–Trinajstić information content (AvgIpc) is 2.84. The summed E-state index contributed by atoms with van der Waals surface area (Å²) in [5, 5.41) is 0. The van der Waals surface area contributed by atoms with Crippen LogP contribution in [0.5, 0.6) is 0 Å². The smallest absolute Gasteiger partial charge is 0.371 e. The second kappa shape index (κ2) is 3.83. The highest BCUT2D eigenvalue weighted by atomic mass is 32.2. The fourth-order valence-corrected chi connectivity index (χ4v) is 3.08. The van der Waals surface area contributed by atoms with Crippen LogP contribution in [0, 0.1) is 11.8 Å². The summed E-state index contributed by atoms with van der Waals surface area (Å²) in [6.07, 6.45) is 1.30. The number of benzene rings is 1. The molecule has 5 heteroatoms. The molecule has 3 rings (SSSR count). The van der Waals surface area contributed by atoms with Gasteiger partial charge in [0.05, 0.1) is 0 Å². The molecule has 1 saturated carbocycles. The largest absolute Gasteiger partial charge is 0.446 e. The molecule has 2 aliphatic rings. The zero-order chi connectivity index (χ0) is 12.0. The fraction of sp³-hybridized carbons (Fsp3) is 0.500. The van der Waals surface area contributed by atoms with Crippen molar-refractivity contribution in [3.63, 3.8) is 0 Å². The number of hydrogen-bond acceptors (Lipinski definition) is 2. The molecule has 1 saturated heterocycles. The van der Waals surface area contributed by atoms with Crippen LogP contribution in [0.25, 0.3) is 0 Å². The SMILES string of the molecule is FC(F)(F)Sc1cccc(N2C[C@H]3C[C@H]3C2)c1. The van der Waals surface area contributed by atoms with Gasteiger partial charge in [0.1, 0.15) is 0 Å². The molecule has 0 bridgehead atoms. The van der Waals surface area contributed by atoms with E-state index in [9.17, 15) is 13.2 Å². The highest BCUT2D eigenvalue weighted by molar-refractivity contribution is 8.00. The average molecular weight is 259 g/mol. The lowest BCUT2D eigenvalue weighted by atomic mass is 10.3. The predicted molar refractivity (Wildman–Crippen MR) is 62.2 cm³/mol. The zero-order valence-corrected chi connectivity index (χ0v) is 9.89. The van der Waals surface area contributed by atoms with Crippen molar-refractivity contribution in [3.05, 3.63) is 24.3 Å². The highest BCUT2D eigenvalue weighted by Gasteiger charge is 2.45. The van der Waals surface area contributed by atoms with E-state index >= 15 is 0 Å². The molecule has 0 amide bonds. The number of anilines is 1. The zero-order valence-electron chi connectivity index (χ0n) is 9.07. The standard InChI is InChI=1S/C12H12F3NS/c13-12(14,15)17-11-3-1-2-10(5-11)16-6-8-4-9(8)7-16/h1-3,5,8-9H,4,6-7H2/t8-,9+. The van der Waals surface area contributed by atoms with E-state index in [2.05, 4.69) is 4.90 Å². The van der Waals surface area contributed by atoms with Gasteiger partial charge in [0.2, 0.25) is 0 Å². The van der Waals surface area contributed by atoms with E-state index in [1.165, 1.54) is 12.5 Å². The molecule has 0 N–H and O–H groups in total. The molecule has 0 aromatic heterocycles. The molecule has 0 radical (unpaired) electrons. The minimum absolute atomic E-state index is 0.0410. The van der Waals surface area contributed by atoms with E-state index in [1.54, 1.807) is 12.1 Å². The molecular weight excluding hydrogens is 247 g/mol. The summed E-state index contributed by atoms with van der Waals surface area (Å²) < 4.78 is 36.8. The number of fused-ring (bicyclic) bond motifs is 1. The maximum absolute atomic E-state index is 12.3. The van der Waals surface area contributed by atoms with Gasteiger partial charge in [-0.1, -0.05) is 6.07 Å². The van der Waals surface area contributed by atoms with Gasteiger partial charge in [-0.3, -0.25) is 0 Å². The third kappa shape index (κ3) is 2.54. The third-order valence-electron chi connectivity index (χ3n) is 3.40. The third-order valence-corrected chi connectivity index (χ3v) is 4.12. The first-order valence-electron chi connectivity index (χ1n) is 5.62. The van der Waals surface area contributed by atoms with Gasteiger partial charge in [-0.05, 0) is 48.2 Å². The Hall–Kier alpha value is -0.840. The molecule has 1 heterocycles. The van der Waals surface area contributed by atoms with Crippen molar-refractivity contribution in [2.24, 2.45) is 11.8 Å². The van der Waals surface area contributed by atoms with E-state index in [1.807, 2.05) is 6.07 Å². The minimum atomic E-state index is -4.20. The van der Waals surface area contributed by atoms with E-state index in [4.69, 9.17) is 0 Å². The molecule has 2 fully saturated rings. The van der Waals surface area contributed by atoms with E-state index in [0.29, 0.717) is 0 Å². The molecule has 1 nitrogen and oxygen atoms in total. The lowest BCUT2D eigenvalue weighted by Gasteiger charge is -2.20. The summed E-state index contributed by atoms with van der Waals surface area (Å²) in [5.41, 5.74) is -3.28. The van der Waals surface area contributed by atoms with Crippen LogP contribution in [0.4, 0.5) is 18.9 Å². The number of hydrogen-bond donors (Lipinski definition) is 0. The van der Waals surface area contributed by atoms with Crippen molar-refractivity contribution in [1.82, 2.24) is 0 Å². The van der Waals surface area contributed by atoms with Crippen molar-refractivity contribution in [1.29, 1.82) is 0 Å². The van der Waals surface area contributed by atoms with E-state index in [-0.39, 0.29) is 16.7 Å². The summed E-state index contributed by atoms with van der Waals surface area (Å²) in [6.45, 7) is 2.01. The molecule has 0 spiro atoms. The summed E-state index contributed by atoms with van der Waals surface area (Å²) in [4.78, 5) is 2.47. The lowest BCUT2D eigenvalue weighted by Crippen LogP contribution is -2.21. The summed E-state index contributed by atoms with van der Waals surface area (Å²) in [5.74, 6) is 1.57. The Balaban J connectivity index is 1.74. The molecule has 1 aromatic carbocycles. The molecular formula is C12H12F3NS. The molecule has 92 valence electrons. The first-order chi connectivity index (χ1) is 8.01. The Kier molecular flexibility index (Phi) is 2.54. The quantitative estimate of drug-likeness (QED) is 0.744. The van der Waals surface area contributed by atoms with Gasteiger partial charge in [0.25, 0.3) is 0 Å². The van der Waals surface area contributed by atoms with Crippen molar-refractivity contribution in [3.8, 4) is 0 Å². The Morgan fingerprint density at radius 2 is 1.88 bits per heavy atom. The van der Waals surface area contributed by atoms with Crippen LogP contribution in [-0.4, -0.2) is 18.6 Å². The maximum Gasteiger partial charge on any atom is 0.446 e. The topological polar surface area (TPSA) is 3.24 Å². The van der Waals surface area contributed by atoms with Crippen molar-refractivity contribution in [2.75, 3.05) is 18.0 Å². The van der Waals surface area contributed by atoms with Crippen molar-refractivity contribution in [2.45, 2.75) is 16.8 Å². The number of thioether (sulfide) groups is 1. The molecule has 17 heavy (non-hydrogen) atoms. The second-order valence-electron chi connectivity index (χ2n) is 4.71. The number of nitrogens with zero attached hydrogens (tertiary/aromatic N) is 1. The van der Waals surface area contributed by atoms with E-state index < -0.39 is 5.51 Å². The second-order valence-corrected chi connectivity index (χ2v) is 5.84. The van der Waals surface area contributed by atoms with Gasteiger partial charge in [0.15, 0.2) is 0 Å². The van der Waals surface area contributed by atoms with Crippen LogP contribution in [0.1, 0.15) is 6.42 Å². The maximum atomic E-state index is 12.3. The van der Waals surface area contributed by atoms with Crippen LogP contribution in [0.3, 0.4) is 0 Å². The fourth-order valence-electron chi connectivity index (χ4n) is 2.49. The normalized spacial score (nSPS) is 27.1. The van der Waals surface area contributed by atoms with Gasteiger partial charge in [-0.15, -0.1) is 0 Å². The molecule has 1 aliphatic heterocycles. The summed E-state index contributed by atoms with van der Waals surface area (Å²) in [7, 11) is 0. The highest BCUT2D eigenvalue weighted by Crippen LogP contribution is 2.47. The minimum Gasteiger partial charge on any atom is -0.371 e. The van der Waals surface area contributed by atoms with Gasteiger partial charge >= 0.3 is 5.51 Å². The molecule has 1 aliphatic carbocycles. The monoisotopic (exact) mass is 259 g/mol. The van der Waals surface area contributed by atoms with Gasteiger partial charge in [0, 0.05) is 23.7 Å². The van der Waals surface area contributed by atoms with Gasteiger partial charge in [-0.2, -0.15) is 13.2 Å². The number of alkyl halides is 3. The first-order valence-corrected chi connectivity index (χ1v) is 6.44. The van der Waals surface area contributed by atoms with Crippen LogP contribution < -0.4 is 4.90 Å². The van der Waals surface area contributed by atoms with E-state index in [0.717, 1.165) is 30.6 Å². The van der Waals surface area contributed by atoms with Crippen molar-refractivity contribution >= 4 is 17.4 Å². The summed E-state index contributed by atoms with van der Waals surface area (Å²) in [6, 6.07) is 6.75. The van der Waals surface area contributed by atoms with Crippen LogP contribution in [0.15, 0.2) is 29.2 Å². The van der Waals surface area contributed by atoms with Gasteiger partial charge < -0.3 is 4.90 Å². The summed E-state index contributed by atoms with van der Waals surface area (Å²) >= 11 is -0.0410. The van der Waals surface area contributed by atoms with Crippen LogP contribution in [-0.2, 0) is 0 Å². The van der Waals surface area contributed by atoms with Crippen LogP contribution in [0.2, 0.25) is 0 Å². The Morgan fingerprint density at radius 1 is 1.18 bits per heavy atom. The van der Waals surface area contributed by atoms with Crippen LogP contribution >= 0.6 is 11.8 Å². The van der Waals surface area contributed by atoms with Gasteiger partial charge in [-0.25, -0.2) is 0 Å². The number of halogens is 3. The Labute approximate surface area is 102 Å².